The third-order valence-corrected chi connectivity index (χ3v) is 4.36. The van der Waals surface area contributed by atoms with Crippen molar-refractivity contribution in [3.05, 3.63) is 70.3 Å². The molecule has 134 valence electrons. The minimum atomic E-state index is -0.393. The van der Waals surface area contributed by atoms with Crippen LogP contribution in [0.2, 0.25) is 0 Å². The number of carbonyl (C=O) groups is 2. The van der Waals surface area contributed by atoms with Crippen molar-refractivity contribution in [2.45, 2.75) is 20.0 Å². The van der Waals surface area contributed by atoms with Crippen LogP contribution in [0, 0.1) is 0 Å². The van der Waals surface area contributed by atoms with Crippen LogP contribution in [0.4, 0.5) is 5.69 Å². The lowest BCUT2D eigenvalue weighted by Gasteiger charge is -2.07. The van der Waals surface area contributed by atoms with Crippen molar-refractivity contribution in [2.75, 3.05) is 5.32 Å². The SMILES string of the molecule is CCn1cc(NC(=O)c2ccccc2Br)c(C(=O)NCc2ccco2)n1. The maximum atomic E-state index is 12.5. The van der Waals surface area contributed by atoms with E-state index in [4.69, 9.17) is 4.42 Å². The fourth-order valence-electron chi connectivity index (χ4n) is 2.34. The Balaban J connectivity index is 1.78. The highest BCUT2D eigenvalue weighted by Gasteiger charge is 2.20. The number of hydrogen-bond donors (Lipinski definition) is 2. The Morgan fingerprint density at radius 3 is 2.69 bits per heavy atom. The smallest absolute Gasteiger partial charge is 0.274 e. The van der Waals surface area contributed by atoms with Crippen LogP contribution in [0.25, 0.3) is 0 Å². The molecule has 2 aromatic heterocycles. The zero-order valence-corrected chi connectivity index (χ0v) is 15.6. The Morgan fingerprint density at radius 2 is 2.00 bits per heavy atom. The Morgan fingerprint density at radius 1 is 1.19 bits per heavy atom. The summed E-state index contributed by atoms with van der Waals surface area (Å²) in [5.41, 5.74) is 0.974. The third-order valence-electron chi connectivity index (χ3n) is 3.67. The van der Waals surface area contributed by atoms with Gasteiger partial charge in [-0.3, -0.25) is 14.3 Å². The molecule has 0 saturated heterocycles. The second-order valence-electron chi connectivity index (χ2n) is 5.44. The molecule has 0 fully saturated rings. The number of aryl methyl sites for hydroxylation is 1. The van der Waals surface area contributed by atoms with E-state index < -0.39 is 5.91 Å². The Labute approximate surface area is 158 Å². The van der Waals surface area contributed by atoms with Crippen LogP contribution in [-0.4, -0.2) is 21.6 Å². The molecular formula is C18H17BrN4O3. The summed E-state index contributed by atoms with van der Waals surface area (Å²) in [4.78, 5) is 25.0. The number of nitrogens with one attached hydrogen (secondary N) is 2. The van der Waals surface area contributed by atoms with E-state index in [2.05, 4.69) is 31.7 Å². The summed E-state index contributed by atoms with van der Waals surface area (Å²) in [6, 6.07) is 10.6. The van der Waals surface area contributed by atoms with E-state index in [0.717, 1.165) is 0 Å². The van der Waals surface area contributed by atoms with Gasteiger partial charge in [-0.1, -0.05) is 12.1 Å². The highest BCUT2D eigenvalue weighted by molar-refractivity contribution is 9.10. The normalized spacial score (nSPS) is 10.5. The van der Waals surface area contributed by atoms with Gasteiger partial charge in [0.15, 0.2) is 5.69 Å². The second kappa shape index (κ2) is 8.01. The first-order chi connectivity index (χ1) is 12.6. The van der Waals surface area contributed by atoms with Gasteiger partial charge in [0.1, 0.15) is 5.76 Å². The fourth-order valence-corrected chi connectivity index (χ4v) is 2.81. The predicted octanol–water partition coefficient (Wildman–Crippen LogP) is 3.44. The first-order valence-corrected chi connectivity index (χ1v) is 8.81. The first kappa shape index (κ1) is 17.9. The number of benzene rings is 1. The molecule has 2 heterocycles. The van der Waals surface area contributed by atoms with Gasteiger partial charge in [-0.2, -0.15) is 5.10 Å². The van der Waals surface area contributed by atoms with E-state index in [1.165, 1.54) is 6.26 Å². The van der Waals surface area contributed by atoms with Gasteiger partial charge in [0.05, 0.1) is 24.1 Å². The summed E-state index contributed by atoms with van der Waals surface area (Å²) in [5, 5.41) is 9.74. The van der Waals surface area contributed by atoms with Crippen LogP contribution in [0.15, 0.2) is 57.7 Å². The number of amides is 2. The Bertz CT molecular complexity index is 918. The van der Waals surface area contributed by atoms with Crippen molar-refractivity contribution >= 4 is 33.4 Å². The molecule has 8 heteroatoms. The van der Waals surface area contributed by atoms with Crippen LogP contribution in [-0.2, 0) is 13.1 Å². The molecule has 3 rings (SSSR count). The van der Waals surface area contributed by atoms with Gasteiger partial charge < -0.3 is 15.1 Å². The van der Waals surface area contributed by atoms with Crippen molar-refractivity contribution < 1.29 is 14.0 Å². The molecule has 0 unspecified atom stereocenters. The van der Waals surface area contributed by atoms with Gasteiger partial charge in [-0.15, -0.1) is 0 Å². The molecule has 2 amide bonds. The van der Waals surface area contributed by atoms with Crippen molar-refractivity contribution in [1.29, 1.82) is 0 Å². The summed E-state index contributed by atoms with van der Waals surface area (Å²) >= 11 is 3.35. The molecule has 2 N–H and O–H groups in total. The molecule has 0 aliphatic rings. The molecule has 7 nitrogen and oxygen atoms in total. The fraction of sp³-hybridized carbons (Fsp3) is 0.167. The molecule has 0 aliphatic heterocycles. The second-order valence-corrected chi connectivity index (χ2v) is 6.30. The summed E-state index contributed by atoms with van der Waals surface area (Å²) in [7, 11) is 0. The van der Waals surface area contributed by atoms with Gasteiger partial charge in [-0.05, 0) is 47.1 Å². The standard InChI is InChI=1S/C18H17BrN4O3/c1-2-23-11-15(21-17(24)13-7-3-4-8-14(13)19)16(22-23)18(25)20-10-12-6-5-9-26-12/h3-9,11H,2,10H2,1H3,(H,20,25)(H,21,24). The van der Waals surface area contributed by atoms with Crippen LogP contribution >= 0.6 is 15.9 Å². The number of halogens is 1. The highest BCUT2D eigenvalue weighted by Crippen LogP contribution is 2.20. The van der Waals surface area contributed by atoms with Crippen LogP contribution in [0.1, 0.15) is 33.5 Å². The number of nitrogens with zero attached hydrogens (tertiary/aromatic N) is 2. The molecule has 26 heavy (non-hydrogen) atoms. The van der Waals surface area contributed by atoms with Crippen LogP contribution in [0.5, 0.6) is 0 Å². The average molecular weight is 417 g/mol. The lowest BCUT2D eigenvalue weighted by molar-refractivity contribution is 0.0943. The molecule has 0 atom stereocenters. The maximum absolute atomic E-state index is 12.5. The summed E-state index contributed by atoms with van der Waals surface area (Å²) < 4.78 is 7.46. The van der Waals surface area contributed by atoms with E-state index in [-0.39, 0.29) is 18.1 Å². The summed E-state index contributed by atoms with van der Waals surface area (Å²) in [6.07, 6.45) is 3.17. The van der Waals surface area contributed by atoms with Gasteiger partial charge in [0.25, 0.3) is 11.8 Å². The molecular weight excluding hydrogens is 400 g/mol. The number of aromatic nitrogens is 2. The largest absolute Gasteiger partial charge is 0.467 e. The van der Waals surface area contributed by atoms with Crippen molar-refractivity contribution in [1.82, 2.24) is 15.1 Å². The van der Waals surface area contributed by atoms with Crippen molar-refractivity contribution in [3.63, 3.8) is 0 Å². The van der Waals surface area contributed by atoms with Gasteiger partial charge in [0.2, 0.25) is 0 Å². The van der Waals surface area contributed by atoms with E-state index in [0.29, 0.717) is 28.0 Å². The molecule has 3 aromatic rings. The van der Waals surface area contributed by atoms with E-state index in [1.807, 2.05) is 13.0 Å². The molecule has 0 radical (unpaired) electrons. The third kappa shape index (κ3) is 4.02. The Hall–Kier alpha value is -2.87. The minimum absolute atomic E-state index is 0.152. The molecule has 0 saturated carbocycles. The van der Waals surface area contributed by atoms with Crippen molar-refractivity contribution in [3.8, 4) is 0 Å². The molecule has 0 aliphatic carbocycles. The number of carbonyl (C=O) groups excluding carboxylic acids is 2. The summed E-state index contributed by atoms with van der Waals surface area (Å²) in [6.45, 7) is 2.71. The minimum Gasteiger partial charge on any atom is -0.467 e. The number of furan rings is 1. The van der Waals surface area contributed by atoms with Crippen LogP contribution in [0.3, 0.4) is 0 Å². The number of hydrogen-bond acceptors (Lipinski definition) is 4. The van der Waals surface area contributed by atoms with Gasteiger partial charge in [-0.25, -0.2) is 0 Å². The van der Waals surface area contributed by atoms with Gasteiger partial charge >= 0.3 is 0 Å². The topological polar surface area (TPSA) is 89.2 Å². The molecule has 0 bridgehead atoms. The lowest BCUT2D eigenvalue weighted by atomic mass is 10.2. The van der Waals surface area contributed by atoms with E-state index in [1.54, 1.807) is 41.2 Å². The maximum Gasteiger partial charge on any atom is 0.274 e. The predicted molar refractivity (Wildman–Crippen MR) is 99.9 cm³/mol. The monoisotopic (exact) mass is 416 g/mol. The quantitative estimate of drug-likeness (QED) is 0.643. The van der Waals surface area contributed by atoms with Crippen molar-refractivity contribution in [2.24, 2.45) is 0 Å². The van der Waals surface area contributed by atoms with Gasteiger partial charge in [0, 0.05) is 17.2 Å². The average Bonchev–Trinajstić information content (AvgIpc) is 3.29. The first-order valence-electron chi connectivity index (χ1n) is 8.02. The van der Waals surface area contributed by atoms with E-state index in [9.17, 15) is 9.59 Å². The number of rotatable bonds is 6. The van der Waals surface area contributed by atoms with Crippen LogP contribution < -0.4 is 10.6 Å². The summed E-state index contributed by atoms with van der Waals surface area (Å²) in [5.74, 6) is -0.0867. The highest BCUT2D eigenvalue weighted by atomic mass is 79.9. The number of anilines is 1. The zero-order valence-electron chi connectivity index (χ0n) is 14.0. The molecule has 0 spiro atoms. The lowest BCUT2D eigenvalue weighted by Crippen LogP contribution is -2.25. The van der Waals surface area contributed by atoms with E-state index >= 15 is 0 Å². The zero-order chi connectivity index (χ0) is 18.5. The molecule has 1 aromatic carbocycles. The Kier molecular flexibility index (Phi) is 5.52.